The van der Waals surface area contributed by atoms with Crippen molar-refractivity contribution in [1.82, 2.24) is 0 Å². The number of hydrogen-bond donors (Lipinski definition) is 0. The van der Waals surface area contributed by atoms with Crippen molar-refractivity contribution >= 4 is 11.2 Å². The smallest absolute Gasteiger partial charge is 0.169 e. The Morgan fingerprint density at radius 3 is 2.79 bits per heavy atom. The predicted molar refractivity (Wildman–Crippen MR) is 57.0 cm³/mol. The number of unbranched alkanes of at least 4 members (excludes halogenated alkanes) is 3. The Labute approximate surface area is 84.2 Å². The van der Waals surface area contributed by atoms with E-state index in [1.165, 1.54) is 19.3 Å². The largest absolute Gasteiger partial charge is 0.490 e. The molecule has 0 radical (unpaired) electrons. The van der Waals surface area contributed by atoms with Gasteiger partial charge in [0, 0.05) is 6.07 Å². The number of benzene rings is 1. The number of hydrogen-bond acceptors (Lipinski definition) is 2. The summed E-state index contributed by atoms with van der Waals surface area (Å²) in [7, 11) is 0. The van der Waals surface area contributed by atoms with E-state index in [2.05, 4.69) is 6.92 Å². The summed E-state index contributed by atoms with van der Waals surface area (Å²) in [6.45, 7) is 3.02. The Balaban J connectivity index is 1.73. The first-order valence-electron chi connectivity index (χ1n) is 5.35. The summed E-state index contributed by atoms with van der Waals surface area (Å²) in [6, 6.07) is 5.87. The van der Waals surface area contributed by atoms with E-state index in [-0.39, 0.29) is 0 Å². The zero-order chi connectivity index (χ0) is 9.80. The third-order valence-electron chi connectivity index (χ3n) is 2.40. The minimum absolute atomic E-state index is 0.805. The monoisotopic (exact) mass is 192 g/mol. The molecule has 0 atom stereocenters. The molecule has 2 heterocycles. The van der Waals surface area contributed by atoms with Crippen molar-refractivity contribution in [3.05, 3.63) is 18.2 Å². The van der Waals surface area contributed by atoms with Gasteiger partial charge in [-0.15, -0.1) is 0 Å². The molecule has 14 heavy (non-hydrogen) atoms. The Bertz CT molecular complexity index is 364. The maximum atomic E-state index is 5.61. The van der Waals surface area contributed by atoms with Gasteiger partial charge in [-0.2, -0.15) is 0 Å². The molecule has 2 heteroatoms. The molecule has 0 N–H and O–H groups in total. The second-order valence-electron chi connectivity index (χ2n) is 3.62. The molecule has 2 bridgehead atoms. The average Bonchev–Trinajstić information content (AvgIpc) is 2.79. The van der Waals surface area contributed by atoms with Crippen molar-refractivity contribution in [2.24, 2.45) is 0 Å². The summed E-state index contributed by atoms with van der Waals surface area (Å²) >= 11 is 0. The maximum Gasteiger partial charge on any atom is 0.169 e. The zero-order valence-electron chi connectivity index (χ0n) is 8.58. The first-order chi connectivity index (χ1) is 6.90. The van der Waals surface area contributed by atoms with Crippen molar-refractivity contribution in [2.75, 3.05) is 6.61 Å². The SMILES string of the molecule is CCCCCCOc1cc2ccc1o2. The molecule has 76 valence electrons. The molecule has 0 saturated carbocycles. The molecule has 2 aromatic rings. The van der Waals surface area contributed by atoms with Crippen LogP contribution in [-0.4, -0.2) is 6.61 Å². The van der Waals surface area contributed by atoms with Crippen LogP contribution >= 0.6 is 0 Å². The summed E-state index contributed by atoms with van der Waals surface area (Å²) in [5, 5.41) is 0. The van der Waals surface area contributed by atoms with Gasteiger partial charge < -0.3 is 9.15 Å². The molecule has 2 aromatic heterocycles. The Morgan fingerprint density at radius 1 is 1.21 bits per heavy atom. The molecule has 0 spiro atoms. The topological polar surface area (TPSA) is 22.4 Å². The normalized spacial score (nSPS) is 11.2. The third kappa shape index (κ3) is 2.00. The molecule has 0 aliphatic heterocycles. The highest BCUT2D eigenvalue weighted by molar-refractivity contribution is 5.69. The van der Waals surface area contributed by atoms with E-state index in [0.29, 0.717) is 0 Å². The molecule has 0 aliphatic carbocycles. The van der Waals surface area contributed by atoms with Crippen molar-refractivity contribution in [3.8, 4) is 5.75 Å². The molecule has 0 saturated heterocycles. The van der Waals surface area contributed by atoms with Gasteiger partial charge in [0.1, 0.15) is 5.58 Å². The fourth-order valence-corrected chi connectivity index (χ4v) is 1.59. The van der Waals surface area contributed by atoms with Gasteiger partial charge in [-0.05, 0) is 18.6 Å². The van der Waals surface area contributed by atoms with Crippen LogP contribution in [0.15, 0.2) is 22.6 Å². The van der Waals surface area contributed by atoms with Crippen molar-refractivity contribution in [1.29, 1.82) is 0 Å². The highest BCUT2D eigenvalue weighted by Crippen LogP contribution is 2.28. The second-order valence-corrected chi connectivity index (χ2v) is 3.62. The number of ether oxygens (including phenoxy) is 1. The van der Waals surface area contributed by atoms with E-state index < -0.39 is 0 Å². The number of furan rings is 2. The Morgan fingerprint density at radius 2 is 2.14 bits per heavy atom. The zero-order valence-corrected chi connectivity index (χ0v) is 8.58. The van der Waals surface area contributed by atoms with E-state index in [1.54, 1.807) is 0 Å². The first kappa shape index (κ1) is 9.38. The van der Waals surface area contributed by atoms with E-state index in [9.17, 15) is 0 Å². The second kappa shape index (κ2) is 4.36. The summed E-state index contributed by atoms with van der Waals surface area (Å²) in [5.74, 6) is 0.902. The van der Waals surface area contributed by atoms with Crippen LogP contribution in [0.4, 0.5) is 0 Å². The van der Waals surface area contributed by atoms with E-state index in [1.807, 2.05) is 18.2 Å². The van der Waals surface area contributed by atoms with Crippen LogP contribution in [0.1, 0.15) is 32.6 Å². The van der Waals surface area contributed by atoms with E-state index in [4.69, 9.17) is 9.15 Å². The predicted octanol–water partition coefficient (Wildman–Crippen LogP) is 3.83. The van der Waals surface area contributed by atoms with Crippen molar-refractivity contribution in [3.63, 3.8) is 0 Å². The van der Waals surface area contributed by atoms with Crippen molar-refractivity contribution in [2.45, 2.75) is 32.6 Å². The van der Waals surface area contributed by atoms with Crippen LogP contribution in [0.2, 0.25) is 0 Å². The minimum atomic E-state index is 0.805. The third-order valence-corrected chi connectivity index (χ3v) is 2.40. The van der Waals surface area contributed by atoms with Crippen LogP contribution < -0.4 is 4.74 Å². The van der Waals surface area contributed by atoms with Gasteiger partial charge >= 0.3 is 0 Å². The lowest BCUT2D eigenvalue weighted by molar-refractivity contribution is 0.307. The van der Waals surface area contributed by atoms with Gasteiger partial charge in [0.05, 0.1) is 6.61 Å². The van der Waals surface area contributed by atoms with Crippen LogP contribution in [0.3, 0.4) is 0 Å². The van der Waals surface area contributed by atoms with Gasteiger partial charge in [-0.3, -0.25) is 0 Å². The molecule has 0 unspecified atom stereocenters. The minimum Gasteiger partial charge on any atom is -0.490 e. The Kier molecular flexibility index (Phi) is 2.92. The first-order valence-corrected chi connectivity index (χ1v) is 5.35. The van der Waals surface area contributed by atoms with Gasteiger partial charge in [-0.25, -0.2) is 0 Å². The Hall–Kier alpha value is -1.18. The van der Waals surface area contributed by atoms with Gasteiger partial charge in [0.2, 0.25) is 0 Å². The fraction of sp³-hybridized carbons (Fsp3) is 0.500. The summed E-state index contributed by atoms with van der Waals surface area (Å²) in [5.41, 5.74) is 1.78. The standard InChI is InChI=1S/C12H16O2/c1-2-3-4-5-8-13-12-9-10-6-7-11(12)14-10/h6-7,9H,2-5,8H2,1H3. The van der Waals surface area contributed by atoms with Gasteiger partial charge in [0.15, 0.2) is 11.3 Å². The van der Waals surface area contributed by atoms with Crippen molar-refractivity contribution < 1.29 is 9.15 Å². The highest BCUT2D eigenvalue weighted by atomic mass is 16.5. The average molecular weight is 192 g/mol. The van der Waals surface area contributed by atoms with Crippen LogP contribution in [-0.2, 0) is 0 Å². The molecular weight excluding hydrogens is 176 g/mol. The summed E-state index contributed by atoms with van der Waals surface area (Å²) < 4.78 is 11.0. The fourth-order valence-electron chi connectivity index (χ4n) is 1.59. The molecule has 0 fully saturated rings. The number of rotatable bonds is 6. The van der Waals surface area contributed by atoms with Crippen LogP contribution in [0.5, 0.6) is 5.75 Å². The van der Waals surface area contributed by atoms with E-state index in [0.717, 1.165) is 29.9 Å². The molecule has 2 nitrogen and oxygen atoms in total. The van der Waals surface area contributed by atoms with Gasteiger partial charge in [0.25, 0.3) is 0 Å². The number of fused-ring (bicyclic) bond motifs is 2. The van der Waals surface area contributed by atoms with Crippen LogP contribution in [0, 0.1) is 0 Å². The quantitative estimate of drug-likeness (QED) is 0.649. The molecule has 0 amide bonds. The van der Waals surface area contributed by atoms with Gasteiger partial charge in [-0.1, -0.05) is 26.2 Å². The molecule has 2 rings (SSSR count). The molecule has 0 aromatic carbocycles. The molecular formula is C12H16O2. The van der Waals surface area contributed by atoms with Crippen LogP contribution in [0.25, 0.3) is 11.2 Å². The maximum absolute atomic E-state index is 5.61. The molecule has 0 aliphatic rings. The summed E-state index contributed by atoms with van der Waals surface area (Å²) in [4.78, 5) is 0. The highest BCUT2D eigenvalue weighted by Gasteiger charge is 2.06. The van der Waals surface area contributed by atoms with E-state index >= 15 is 0 Å². The lowest BCUT2D eigenvalue weighted by Crippen LogP contribution is -1.96. The lowest BCUT2D eigenvalue weighted by Gasteiger charge is -2.02. The summed E-state index contributed by atoms with van der Waals surface area (Å²) in [6.07, 6.45) is 4.96. The lowest BCUT2D eigenvalue weighted by atomic mass is 10.2.